The van der Waals surface area contributed by atoms with Gasteiger partial charge in [0.05, 0.1) is 6.10 Å². The van der Waals surface area contributed by atoms with Crippen LogP contribution in [0, 0.1) is 5.92 Å². The Hall–Kier alpha value is -1.30. The highest BCUT2D eigenvalue weighted by Gasteiger charge is 2.13. The normalized spacial score (nSPS) is 19.8. The van der Waals surface area contributed by atoms with E-state index in [0.717, 1.165) is 32.3 Å². The van der Waals surface area contributed by atoms with Crippen molar-refractivity contribution >= 4 is 12.0 Å². The van der Waals surface area contributed by atoms with E-state index in [0.29, 0.717) is 25.4 Å². The number of ether oxygens (including phenoxy) is 1. The highest BCUT2D eigenvalue weighted by Crippen LogP contribution is 2.14. The smallest absolute Gasteiger partial charge is 0.314 e. The van der Waals surface area contributed by atoms with Crippen molar-refractivity contribution in [3.8, 4) is 0 Å². The zero-order valence-electron chi connectivity index (χ0n) is 12.9. The summed E-state index contributed by atoms with van der Waals surface area (Å²) in [5.41, 5.74) is 0. The Morgan fingerprint density at radius 1 is 1.24 bits per heavy atom. The molecule has 0 aromatic carbocycles. The fraction of sp³-hybridized carbons (Fsp3) is 0.867. The van der Waals surface area contributed by atoms with Crippen molar-refractivity contribution in [3.63, 3.8) is 0 Å². The third kappa shape index (κ3) is 9.28. The molecular formula is C15H28N2O4. The van der Waals surface area contributed by atoms with Crippen molar-refractivity contribution in [1.82, 2.24) is 10.6 Å². The molecule has 0 saturated carbocycles. The summed E-state index contributed by atoms with van der Waals surface area (Å²) in [4.78, 5) is 22.0. The van der Waals surface area contributed by atoms with E-state index in [4.69, 9.17) is 9.84 Å². The summed E-state index contributed by atoms with van der Waals surface area (Å²) < 4.78 is 5.60. The van der Waals surface area contributed by atoms with Crippen LogP contribution in [0.2, 0.25) is 0 Å². The maximum Gasteiger partial charge on any atom is 0.314 e. The van der Waals surface area contributed by atoms with Gasteiger partial charge in [-0.05, 0) is 44.4 Å². The quantitative estimate of drug-likeness (QED) is 0.609. The summed E-state index contributed by atoms with van der Waals surface area (Å²) in [7, 11) is 0. The topological polar surface area (TPSA) is 87.7 Å². The van der Waals surface area contributed by atoms with E-state index in [1.165, 1.54) is 6.42 Å². The van der Waals surface area contributed by atoms with Crippen LogP contribution in [0.5, 0.6) is 0 Å². The van der Waals surface area contributed by atoms with Gasteiger partial charge in [-0.3, -0.25) is 4.79 Å². The summed E-state index contributed by atoms with van der Waals surface area (Å²) >= 11 is 0. The van der Waals surface area contributed by atoms with Gasteiger partial charge in [-0.2, -0.15) is 0 Å². The van der Waals surface area contributed by atoms with Crippen LogP contribution >= 0.6 is 0 Å². The molecular weight excluding hydrogens is 272 g/mol. The molecule has 1 aliphatic rings. The summed E-state index contributed by atoms with van der Waals surface area (Å²) in [6, 6.07) is -0.156. The van der Waals surface area contributed by atoms with Crippen molar-refractivity contribution in [3.05, 3.63) is 0 Å². The van der Waals surface area contributed by atoms with E-state index in [-0.39, 0.29) is 18.6 Å². The van der Waals surface area contributed by atoms with E-state index in [1.54, 1.807) is 0 Å². The van der Waals surface area contributed by atoms with Gasteiger partial charge in [-0.25, -0.2) is 4.79 Å². The lowest BCUT2D eigenvalue weighted by molar-refractivity contribution is -0.137. The first-order valence-electron chi connectivity index (χ1n) is 7.93. The molecule has 21 heavy (non-hydrogen) atoms. The Bertz CT molecular complexity index is 317. The molecule has 1 rings (SSSR count). The number of amides is 2. The molecule has 1 aliphatic heterocycles. The Kier molecular flexibility index (Phi) is 8.82. The second-order valence-corrected chi connectivity index (χ2v) is 5.79. The van der Waals surface area contributed by atoms with E-state index in [2.05, 4.69) is 10.6 Å². The van der Waals surface area contributed by atoms with Gasteiger partial charge in [-0.15, -0.1) is 0 Å². The monoisotopic (exact) mass is 300 g/mol. The number of rotatable bonds is 9. The first-order valence-corrected chi connectivity index (χ1v) is 7.93. The molecule has 2 unspecified atom stereocenters. The fourth-order valence-electron chi connectivity index (χ4n) is 2.39. The fourth-order valence-corrected chi connectivity index (χ4v) is 2.39. The van der Waals surface area contributed by atoms with Crippen LogP contribution in [0.4, 0.5) is 4.79 Å². The van der Waals surface area contributed by atoms with Crippen LogP contribution in [0.15, 0.2) is 0 Å². The molecule has 0 spiro atoms. The van der Waals surface area contributed by atoms with E-state index in [9.17, 15) is 9.59 Å². The summed E-state index contributed by atoms with van der Waals surface area (Å²) in [6.07, 6.45) is 6.23. The number of carbonyl (C=O) groups excluding carboxylic acids is 1. The molecule has 2 amide bonds. The number of hydrogen-bond acceptors (Lipinski definition) is 3. The molecule has 0 aromatic rings. The minimum Gasteiger partial charge on any atom is -0.481 e. The van der Waals surface area contributed by atoms with Crippen LogP contribution < -0.4 is 10.6 Å². The van der Waals surface area contributed by atoms with Crippen LogP contribution in [0.3, 0.4) is 0 Å². The second kappa shape index (κ2) is 10.4. The standard InChI is InChI=1S/C15H28N2O4/c1-12(5-6-14(18)19)7-9-16-15(20)17-10-8-13-4-2-3-11-21-13/h12-13H,2-11H2,1H3,(H,18,19)(H2,16,17,20). The number of hydrogen-bond donors (Lipinski definition) is 3. The number of aliphatic carboxylic acids is 1. The zero-order chi connectivity index (χ0) is 15.5. The van der Waals surface area contributed by atoms with Gasteiger partial charge in [0.1, 0.15) is 0 Å². The Morgan fingerprint density at radius 2 is 2.00 bits per heavy atom. The molecule has 122 valence electrons. The van der Waals surface area contributed by atoms with Crippen LogP contribution in [0.1, 0.15) is 51.9 Å². The van der Waals surface area contributed by atoms with Crippen LogP contribution in [-0.2, 0) is 9.53 Å². The molecule has 0 aliphatic carbocycles. The number of urea groups is 1. The summed E-state index contributed by atoms with van der Waals surface area (Å²) in [5.74, 6) is -0.463. The minimum atomic E-state index is -0.766. The van der Waals surface area contributed by atoms with Crippen molar-refractivity contribution in [2.75, 3.05) is 19.7 Å². The highest BCUT2D eigenvalue weighted by molar-refractivity contribution is 5.73. The zero-order valence-corrected chi connectivity index (χ0v) is 12.9. The summed E-state index contributed by atoms with van der Waals surface area (Å²) in [6.45, 7) is 4.05. The number of carboxylic acids is 1. The molecule has 0 radical (unpaired) electrons. The van der Waals surface area contributed by atoms with Crippen molar-refractivity contribution < 1.29 is 19.4 Å². The maximum atomic E-state index is 11.6. The average molecular weight is 300 g/mol. The maximum absolute atomic E-state index is 11.6. The van der Waals surface area contributed by atoms with Gasteiger partial charge < -0.3 is 20.5 Å². The Balaban J connectivity index is 1.96. The predicted octanol–water partition coefficient (Wildman–Crippen LogP) is 2.14. The van der Waals surface area contributed by atoms with Crippen LogP contribution in [0.25, 0.3) is 0 Å². The third-order valence-corrected chi connectivity index (χ3v) is 3.80. The van der Waals surface area contributed by atoms with Gasteiger partial charge in [0.15, 0.2) is 0 Å². The molecule has 3 N–H and O–H groups in total. The predicted molar refractivity (Wildman–Crippen MR) is 80.3 cm³/mol. The van der Waals surface area contributed by atoms with Gasteiger partial charge in [0.2, 0.25) is 0 Å². The first-order chi connectivity index (χ1) is 10.1. The van der Waals surface area contributed by atoms with Gasteiger partial charge in [-0.1, -0.05) is 6.92 Å². The molecule has 2 atom stereocenters. The van der Waals surface area contributed by atoms with E-state index < -0.39 is 5.97 Å². The van der Waals surface area contributed by atoms with E-state index >= 15 is 0 Å². The third-order valence-electron chi connectivity index (χ3n) is 3.80. The molecule has 1 saturated heterocycles. The van der Waals surface area contributed by atoms with Crippen LogP contribution in [-0.4, -0.2) is 42.9 Å². The minimum absolute atomic E-state index is 0.156. The SMILES string of the molecule is CC(CCNC(=O)NCCC1CCCCO1)CCC(=O)O. The molecule has 1 fully saturated rings. The lowest BCUT2D eigenvalue weighted by Gasteiger charge is -2.22. The lowest BCUT2D eigenvalue weighted by Crippen LogP contribution is -2.38. The largest absolute Gasteiger partial charge is 0.481 e. The number of nitrogens with one attached hydrogen (secondary N) is 2. The van der Waals surface area contributed by atoms with Gasteiger partial charge >= 0.3 is 12.0 Å². The van der Waals surface area contributed by atoms with E-state index in [1.807, 2.05) is 6.92 Å². The second-order valence-electron chi connectivity index (χ2n) is 5.79. The number of carboxylic acid groups (broad SMARTS) is 1. The Morgan fingerprint density at radius 3 is 2.67 bits per heavy atom. The summed E-state index contributed by atoms with van der Waals surface area (Å²) in [5, 5.41) is 14.2. The molecule has 6 heteroatoms. The van der Waals surface area contributed by atoms with Crippen molar-refractivity contribution in [2.45, 2.75) is 58.0 Å². The van der Waals surface area contributed by atoms with Crippen molar-refractivity contribution in [1.29, 1.82) is 0 Å². The molecule has 1 heterocycles. The molecule has 0 bridgehead atoms. The first kappa shape index (κ1) is 17.8. The Labute approximate surface area is 126 Å². The van der Waals surface area contributed by atoms with Crippen molar-refractivity contribution in [2.24, 2.45) is 5.92 Å². The highest BCUT2D eigenvalue weighted by atomic mass is 16.5. The molecule has 6 nitrogen and oxygen atoms in total. The lowest BCUT2D eigenvalue weighted by atomic mass is 10.0. The van der Waals surface area contributed by atoms with Gasteiger partial charge in [0, 0.05) is 26.1 Å². The number of carbonyl (C=O) groups is 2. The van der Waals surface area contributed by atoms with Gasteiger partial charge in [0.25, 0.3) is 0 Å². The molecule has 0 aromatic heterocycles. The average Bonchev–Trinajstić information content (AvgIpc) is 2.46.